The molecule has 11 heteroatoms. The number of hydrogen-bond donors (Lipinski definition) is 5. The normalized spacial score (nSPS) is 19.1. The summed E-state index contributed by atoms with van der Waals surface area (Å²) in [6.07, 6.45) is 3.21. The minimum absolute atomic E-state index is 0. The highest BCUT2D eigenvalue weighted by Gasteiger charge is 2.28. The van der Waals surface area contributed by atoms with E-state index < -0.39 is 0 Å². The monoisotopic (exact) mass is 728 g/mol. The van der Waals surface area contributed by atoms with Crippen LogP contribution in [0.2, 0.25) is 0 Å². The molecule has 0 radical (unpaired) electrons. The second kappa shape index (κ2) is 25.5. The minimum Gasteiger partial charge on any atom is -0.460 e. The van der Waals surface area contributed by atoms with E-state index in [2.05, 4.69) is 21.6 Å². The molecule has 2 fully saturated rings. The summed E-state index contributed by atoms with van der Waals surface area (Å²) in [7, 11) is 1.00. The molecule has 4 aromatic rings. The predicted octanol–water partition coefficient (Wildman–Crippen LogP) is 5.39. The summed E-state index contributed by atoms with van der Waals surface area (Å²) < 4.78 is 10.8. The molecule has 4 aromatic carbocycles. The highest BCUT2D eigenvalue weighted by atomic mass is 16.6. The number of aliphatic hydroxyl groups excluding tert-OH is 1. The number of esters is 2. The Balaban J connectivity index is 0.000000268. The lowest BCUT2D eigenvalue weighted by Crippen LogP contribution is -2.51. The first kappa shape index (κ1) is 42.9. The first-order valence-corrected chi connectivity index (χ1v) is 17.8. The topological polar surface area (TPSA) is 139 Å². The first-order chi connectivity index (χ1) is 25.6. The lowest BCUT2D eigenvalue weighted by atomic mass is 10.0. The largest absolute Gasteiger partial charge is 0.460 e. The standard InChI is InChI=1S/2C20H24N2O3.CH4O.CH4/c2*23-20(24-14-16-7-3-1-4-8-16)19-12-11-18(13-21-19)22-25-15-17-9-5-2-6-10-17;1-2;/h2*1-10,18-19,21-22H,11-15H2;2H,1H3;1H4/t2*18-,19+;;/m11../s1. The van der Waals surface area contributed by atoms with Crippen molar-refractivity contribution in [3.05, 3.63) is 144 Å². The van der Waals surface area contributed by atoms with Crippen molar-refractivity contribution < 1.29 is 33.8 Å². The summed E-state index contributed by atoms with van der Waals surface area (Å²) in [4.78, 5) is 35.4. The lowest BCUT2D eigenvalue weighted by Gasteiger charge is -2.28. The maximum atomic E-state index is 12.1. The molecule has 2 aliphatic heterocycles. The molecule has 6 rings (SSSR count). The maximum Gasteiger partial charge on any atom is 0.323 e. The average Bonchev–Trinajstić information content (AvgIpc) is 3.22. The van der Waals surface area contributed by atoms with Crippen molar-refractivity contribution in [1.82, 2.24) is 21.6 Å². The highest BCUT2D eigenvalue weighted by molar-refractivity contribution is 5.76. The fourth-order valence-electron chi connectivity index (χ4n) is 5.61. The van der Waals surface area contributed by atoms with Gasteiger partial charge in [-0.3, -0.25) is 19.3 Å². The van der Waals surface area contributed by atoms with Crippen LogP contribution >= 0.6 is 0 Å². The molecule has 0 spiro atoms. The van der Waals surface area contributed by atoms with Gasteiger partial charge in [0.2, 0.25) is 0 Å². The van der Waals surface area contributed by atoms with Crippen molar-refractivity contribution in [2.24, 2.45) is 0 Å². The third kappa shape index (κ3) is 16.4. The van der Waals surface area contributed by atoms with Gasteiger partial charge in [-0.2, -0.15) is 11.0 Å². The van der Waals surface area contributed by atoms with E-state index in [-0.39, 0.29) is 43.5 Å². The molecule has 11 nitrogen and oxygen atoms in total. The van der Waals surface area contributed by atoms with Gasteiger partial charge in [0.1, 0.15) is 25.3 Å². The predicted molar refractivity (Wildman–Crippen MR) is 206 cm³/mol. The van der Waals surface area contributed by atoms with Crippen molar-refractivity contribution in [1.29, 1.82) is 0 Å². The summed E-state index contributed by atoms with van der Waals surface area (Å²) in [6.45, 7) is 3.05. The van der Waals surface area contributed by atoms with E-state index in [1.165, 1.54) is 0 Å². The number of piperidine rings is 2. The molecular weight excluding hydrogens is 672 g/mol. The van der Waals surface area contributed by atoms with Gasteiger partial charge >= 0.3 is 11.9 Å². The third-order valence-corrected chi connectivity index (χ3v) is 8.51. The summed E-state index contributed by atoms with van der Waals surface area (Å²) >= 11 is 0. The average molecular weight is 729 g/mol. The zero-order valence-corrected chi connectivity index (χ0v) is 29.8. The summed E-state index contributed by atoms with van der Waals surface area (Å²) in [5.74, 6) is -0.375. The maximum absolute atomic E-state index is 12.1. The highest BCUT2D eigenvalue weighted by Crippen LogP contribution is 2.13. The molecule has 0 saturated carbocycles. The van der Waals surface area contributed by atoms with E-state index in [1.54, 1.807) is 0 Å². The van der Waals surface area contributed by atoms with E-state index in [9.17, 15) is 9.59 Å². The van der Waals surface area contributed by atoms with Gasteiger partial charge in [-0.25, -0.2) is 0 Å². The number of carbonyl (C=O) groups excluding carboxylic acids is 2. The van der Waals surface area contributed by atoms with Crippen LogP contribution in [0.15, 0.2) is 121 Å². The molecule has 53 heavy (non-hydrogen) atoms. The number of carbonyl (C=O) groups is 2. The summed E-state index contributed by atoms with van der Waals surface area (Å²) in [6, 6.07) is 39.4. The number of benzene rings is 4. The Kier molecular flexibility index (Phi) is 20.7. The molecule has 0 aromatic heterocycles. The van der Waals surface area contributed by atoms with Crippen molar-refractivity contribution in [2.75, 3.05) is 20.2 Å². The number of ether oxygens (including phenoxy) is 2. The summed E-state index contributed by atoms with van der Waals surface area (Å²) in [5, 5.41) is 13.5. The van der Waals surface area contributed by atoms with E-state index in [0.29, 0.717) is 39.5 Å². The number of nitrogens with one attached hydrogen (secondary N) is 4. The Morgan fingerprint density at radius 1 is 0.528 bits per heavy atom. The van der Waals surface area contributed by atoms with E-state index >= 15 is 0 Å². The third-order valence-electron chi connectivity index (χ3n) is 8.51. The van der Waals surface area contributed by atoms with Crippen LogP contribution in [-0.2, 0) is 55.2 Å². The van der Waals surface area contributed by atoms with Crippen molar-refractivity contribution in [3.8, 4) is 0 Å². The van der Waals surface area contributed by atoms with Gasteiger partial charge in [-0.1, -0.05) is 129 Å². The second-order valence-electron chi connectivity index (χ2n) is 12.4. The fourth-order valence-corrected chi connectivity index (χ4v) is 5.61. The van der Waals surface area contributed by atoms with Crippen LogP contribution in [0.25, 0.3) is 0 Å². The van der Waals surface area contributed by atoms with Crippen LogP contribution in [0, 0.1) is 0 Å². The Bertz CT molecular complexity index is 1400. The quantitative estimate of drug-likeness (QED) is 0.0844. The van der Waals surface area contributed by atoms with Gasteiger partial charge in [0.05, 0.1) is 13.2 Å². The molecule has 2 aliphatic rings. The van der Waals surface area contributed by atoms with Gasteiger partial charge in [0, 0.05) is 32.3 Å². The smallest absolute Gasteiger partial charge is 0.323 e. The van der Waals surface area contributed by atoms with Crippen molar-refractivity contribution in [2.45, 2.75) is 83.7 Å². The zero-order chi connectivity index (χ0) is 36.6. The van der Waals surface area contributed by atoms with Crippen LogP contribution in [0.4, 0.5) is 0 Å². The van der Waals surface area contributed by atoms with Crippen LogP contribution in [0.5, 0.6) is 0 Å². The number of hydroxylamine groups is 2. The van der Waals surface area contributed by atoms with Crippen molar-refractivity contribution >= 4 is 11.9 Å². The summed E-state index contributed by atoms with van der Waals surface area (Å²) in [5.41, 5.74) is 10.4. The van der Waals surface area contributed by atoms with E-state index in [4.69, 9.17) is 24.3 Å². The Labute approximate surface area is 314 Å². The fraction of sp³-hybridized carbons (Fsp3) is 0.381. The number of hydrogen-bond acceptors (Lipinski definition) is 11. The molecule has 5 N–H and O–H groups in total. The molecule has 286 valence electrons. The number of aliphatic hydroxyl groups is 1. The first-order valence-electron chi connectivity index (χ1n) is 17.8. The van der Waals surface area contributed by atoms with Crippen LogP contribution in [0.3, 0.4) is 0 Å². The molecule has 0 amide bonds. The van der Waals surface area contributed by atoms with Gasteiger partial charge in [0.15, 0.2) is 0 Å². The van der Waals surface area contributed by atoms with Gasteiger partial charge in [-0.05, 0) is 47.9 Å². The second-order valence-corrected chi connectivity index (χ2v) is 12.4. The Hall–Kier alpha value is -4.46. The van der Waals surface area contributed by atoms with Crippen LogP contribution in [0.1, 0.15) is 55.4 Å². The van der Waals surface area contributed by atoms with Gasteiger partial charge in [0.25, 0.3) is 0 Å². The molecule has 2 heterocycles. The molecule has 4 atom stereocenters. The van der Waals surface area contributed by atoms with E-state index in [1.807, 2.05) is 121 Å². The number of rotatable bonds is 14. The molecular formula is C42H56N4O7. The van der Waals surface area contributed by atoms with E-state index in [0.717, 1.165) is 55.0 Å². The lowest BCUT2D eigenvalue weighted by molar-refractivity contribution is -0.149. The minimum atomic E-state index is -0.240. The molecule has 2 saturated heterocycles. The van der Waals surface area contributed by atoms with Gasteiger partial charge < -0.3 is 25.2 Å². The van der Waals surface area contributed by atoms with Gasteiger partial charge in [-0.15, -0.1) is 0 Å². The van der Waals surface area contributed by atoms with Crippen molar-refractivity contribution in [3.63, 3.8) is 0 Å². The molecule has 0 bridgehead atoms. The SMILES string of the molecule is C.CO.O=C(OCc1ccccc1)[C@@H]1CC[C@@H](NOCc2ccccc2)CN1.O=C(OCc1ccccc1)[C@@H]1CC[C@@H](NOCc2ccccc2)CN1. The zero-order valence-electron chi connectivity index (χ0n) is 29.8. The van der Waals surface area contributed by atoms with Crippen LogP contribution in [-0.4, -0.2) is 61.4 Å². The Morgan fingerprint density at radius 2 is 0.830 bits per heavy atom. The molecule has 0 unspecified atom stereocenters. The Morgan fingerprint density at radius 3 is 1.11 bits per heavy atom. The molecule has 0 aliphatic carbocycles. The van der Waals surface area contributed by atoms with Crippen LogP contribution < -0.4 is 21.6 Å².